The molecule has 2 aromatic rings. The first kappa shape index (κ1) is 26.8. The van der Waals surface area contributed by atoms with E-state index < -0.39 is 53.1 Å². The third-order valence-electron chi connectivity index (χ3n) is 5.30. The number of alkyl halides is 3. The third-order valence-corrected chi connectivity index (χ3v) is 5.63. The van der Waals surface area contributed by atoms with E-state index in [0.717, 1.165) is 29.4 Å². The zero-order valence-electron chi connectivity index (χ0n) is 18.6. The molecule has 0 fully saturated rings. The molecule has 1 aliphatic rings. The van der Waals surface area contributed by atoms with Gasteiger partial charge < -0.3 is 19.5 Å². The van der Waals surface area contributed by atoms with E-state index in [0.29, 0.717) is 0 Å². The molecule has 0 heterocycles. The molecule has 0 radical (unpaired) electrons. The van der Waals surface area contributed by atoms with Gasteiger partial charge in [-0.2, -0.15) is 0 Å². The van der Waals surface area contributed by atoms with Gasteiger partial charge in [0.1, 0.15) is 31.5 Å². The number of methoxy groups -OCH3 is 1. The summed E-state index contributed by atoms with van der Waals surface area (Å²) in [4.78, 5) is 48.6. The summed E-state index contributed by atoms with van der Waals surface area (Å²) < 4.78 is 12.9. The number of halogens is 3. The highest BCUT2D eigenvalue weighted by Gasteiger charge is 2.32. The van der Waals surface area contributed by atoms with E-state index in [-0.39, 0.29) is 12.5 Å². The standard InChI is InChI=1S/C24H22Cl3NO7/c1-33-21(30)11-14(29)10-20(22(31)35-13-24(25,26)27)28-23(32)34-12-19-17-8-4-2-6-15(17)16-7-3-5-9-18(16)19/h2-9,19-20H,10-13H2,1H3,(H,28,32). The minimum Gasteiger partial charge on any atom is -0.469 e. The van der Waals surface area contributed by atoms with E-state index in [1.54, 1.807) is 0 Å². The van der Waals surface area contributed by atoms with Gasteiger partial charge in [-0.1, -0.05) is 83.3 Å². The van der Waals surface area contributed by atoms with Crippen LogP contribution in [0, 0.1) is 0 Å². The fraction of sp³-hybridized carbons (Fsp3) is 0.333. The van der Waals surface area contributed by atoms with Gasteiger partial charge in [-0.05, 0) is 22.3 Å². The number of nitrogens with one attached hydrogen (secondary N) is 1. The molecule has 0 aliphatic heterocycles. The molecule has 0 bridgehead atoms. The number of fused-ring (bicyclic) bond motifs is 3. The Morgan fingerprint density at radius 1 is 0.943 bits per heavy atom. The summed E-state index contributed by atoms with van der Waals surface area (Å²) in [7, 11) is 1.12. The molecule has 11 heteroatoms. The fourth-order valence-corrected chi connectivity index (χ4v) is 3.93. The number of ketones is 1. The Kier molecular flexibility index (Phi) is 8.99. The lowest BCUT2D eigenvalue weighted by molar-refractivity contribution is -0.149. The van der Waals surface area contributed by atoms with Crippen molar-refractivity contribution in [3.05, 3.63) is 59.7 Å². The number of benzene rings is 2. The van der Waals surface area contributed by atoms with Crippen LogP contribution in [0.5, 0.6) is 0 Å². The van der Waals surface area contributed by atoms with Crippen LogP contribution in [0.2, 0.25) is 0 Å². The van der Waals surface area contributed by atoms with Gasteiger partial charge in [-0.3, -0.25) is 9.59 Å². The lowest BCUT2D eigenvalue weighted by atomic mass is 9.98. The van der Waals surface area contributed by atoms with Crippen LogP contribution in [-0.2, 0) is 28.6 Å². The molecule has 0 spiro atoms. The number of alkyl carbamates (subject to hydrolysis) is 1. The maximum atomic E-state index is 12.6. The van der Waals surface area contributed by atoms with Gasteiger partial charge in [-0.15, -0.1) is 0 Å². The molecule has 3 rings (SSSR count). The molecule has 35 heavy (non-hydrogen) atoms. The third kappa shape index (κ3) is 7.34. The number of amides is 1. The normalized spacial score (nSPS) is 13.3. The van der Waals surface area contributed by atoms with E-state index in [9.17, 15) is 19.2 Å². The summed E-state index contributed by atoms with van der Waals surface area (Å²) >= 11 is 16.8. The largest absolute Gasteiger partial charge is 0.469 e. The Balaban J connectivity index is 1.67. The minimum absolute atomic E-state index is 0.00805. The summed E-state index contributed by atoms with van der Waals surface area (Å²) in [6.45, 7) is -0.615. The van der Waals surface area contributed by atoms with Gasteiger partial charge in [-0.25, -0.2) is 9.59 Å². The summed E-state index contributed by atoms with van der Waals surface area (Å²) in [5.41, 5.74) is 4.12. The predicted molar refractivity (Wildman–Crippen MR) is 129 cm³/mol. The van der Waals surface area contributed by atoms with Crippen LogP contribution in [0.25, 0.3) is 11.1 Å². The predicted octanol–water partition coefficient (Wildman–Crippen LogP) is 4.33. The number of hydrogen-bond donors (Lipinski definition) is 1. The van der Waals surface area contributed by atoms with Crippen molar-refractivity contribution in [1.29, 1.82) is 0 Å². The van der Waals surface area contributed by atoms with Crippen LogP contribution in [0.15, 0.2) is 48.5 Å². The Bertz CT molecular complexity index is 1070. The second-order valence-corrected chi connectivity index (χ2v) is 10.3. The lowest BCUT2D eigenvalue weighted by Crippen LogP contribution is -2.44. The first-order valence-corrected chi connectivity index (χ1v) is 11.7. The van der Waals surface area contributed by atoms with E-state index in [1.165, 1.54) is 0 Å². The van der Waals surface area contributed by atoms with E-state index >= 15 is 0 Å². The lowest BCUT2D eigenvalue weighted by Gasteiger charge is -2.20. The molecule has 1 unspecified atom stereocenters. The number of hydrogen-bond acceptors (Lipinski definition) is 7. The Morgan fingerprint density at radius 3 is 2.06 bits per heavy atom. The van der Waals surface area contributed by atoms with Gasteiger partial charge in [0.25, 0.3) is 0 Å². The molecule has 0 saturated carbocycles. The Morgan fingerprint density at radius 2 is 1.51 bits per heavy atom. The van der Waals surface area contributed by atoms with Crippen LogP contribution in [-0.4, -0.2) is 54.0 Å². The van der Waals surface area contributed by atoms with E-state index in [1.807, 2.05) is 48.5 Å². The van der Waals surface area contributed by atoms with Crippen molar-refractivity contribution in [2.24, 2.45) is 0 Å². The Labute approximate surface area is 216 Å². The smallest absolute Gasteiger partial charge is 0.407 e. The molecule has 8 nitrogen and oxygen atoms in total. The minimum atomic E-state index is -1.89. The van der Waals surface area contributed by atoms with Crippen molar-refractivity contribution >= 4 is 58.6 Å². The van der Waals surface area contributed by atoms with Crippen molar-refractivity contribution < 1.29 is 33.4 Å². The van der Waals surface area contributed by atoms with Crippen molar-refractivity contribution in [3.8, 4) is 11.1 Å². The van der Waals surface area contributed by atoms with Gasteiger partial charge in [0.2, 0.25) is 3.79 Å². The molecule has 0 aromatic heterocycles. The molecule has 1 N–H and O–H groups in total. The van der Waals surface area contributed by atoms with Crippen molar-refractivity contribution in [3.63, 3.8) is 0 Å². The number of rotatable bonds is 9. The average Bonchev–Trinajstić information content (AvgIpc) is 3.14. The highest BCUT2D eigenvalue weighted by Crippen LogP contribution is 2.44. The summed E-state index contributed by atoms with van der Waals surface area (Å²) in [6, 6.07) is 14.1. The first-order valence-electron chi connectivity index (χ1n) is 10.5. The number of Topliss-reactive ketones (excluding diaryl/α,β-unsaturated/α-hetero) is 1. The topological polar surface area (TPSA) is 108 Å². The number of ether oxygens (including phenoxy) is 3. The second-order valence-electron chi connectivity index (χ2n) is 7.74. The van der Waals surface area contributed by atoms with Crippen molar-refractivity contribution in [2.75, 3.05) is 20.3 Å². The molecule has 186 valence electrons. The molecule has 0 saturated heterocycles. The molecule has 1 amide bonds. The van der Waals surface area contributed by atoms with Crippen molar-refractivity contribution in [2.45, 2.75) is 28.6 Å². The molecular weight excluding hydrogens is 521 g/mol. The van der Waals surface area contributed by atoms with Gasteiger partial charge in [0.15, 0.2) is 0 Å². The van der Waals surface area contributed by atoms with E-state index in [4.69, 9.17) is 44.3 Å². The molecule has 2 aromatic carbocycles. The van der Waals surface area contributed by atoms with Crippen LogP contribution < -0.4 is 5.32 Å². The average molecular weight is 543 g/mol. The van der Waals surface area contributed by atoms with Crippen LogP contribution in [0.1, 0.15) is 29.9 Å². The number of carbonyl (C=O) groups excluding carboxylic acids is 4. The van der Waals surface area contributed by atoms with Gasteiger partial charge in [0, 0.05) is 12.3 Å². The van der Waals surface area contributed by atoms with Crippen LogP contribution >= 0.6 is 34.8 Å². The summed E-state index contributed by atoms with van der Waals surface area (Å²) in [5.74, 6) is -2.68. The highest BCUT2D eigenvalue weighted by atomic mass is 35.6. The maximum absolute atomic E-state index is 12.6. The van der Waals surface area contributed by atoms with Gasteiger partial charge in [0.05, 0.1) is 7.11 Å². The van der Waals surface area contributed by atoms with Crippen LogP contribution in [0.4, 0.5) is 4.79 Å². The highest BCUT2D eigenvalue weighted by molar-refractivity contribution is 6.67. The quantitative estimate of drug-likeness (QED) is 0.217. The SMILES string of the molecule is COC(=O)CC(=O)CC(NC(=O)OCC1c2ccccc2-c2ccccc21)C(=O)OCC(Cl)(Cl)Cl. The zero-order valence-corrected chi connectivity index (χ0v) is 20.9. The van der Waals surface area contributed by atoms with E-state index in [2.05, 4.69) is 10.1 Å². The first-order chi connectivity index (χ1) is 16.6. The molecule has 1 aliphatic carbocycles. The second kappa shape index (κ2) is 11.7. The molecule has 1 atom stereocenters. The van der Waals surface area contributed by atoms with Crippen LogP contribution in [0.3, 0.4) is 0 Å². The summed E-state index contributed by atoms with van der Waals surface area (Å²) in [5, 5.41) is 2.31. The molecular formula is C24H22Cl3NO7. The fourth-order valence-electron chi connectivity index (χ4n) is 3.76. The number of esters is 2. The maximum Gasteiger partial charge on any atom is 0.407 e. The van der Waals surface area contributed by atoms with Crippen molar-refractivity contribution in [1.82, 2.24) is 5.32 Å². The zero-order chi connectivity index (χ0) is 25.6. The Hall–Kier alpha value is -2.81. The van der Waals surface area contributed by atoms with Gasteiger partial charge >= 0.3 is 18.0 Å². The summed E-state index contributed by atoms with van der Waals surface area (Å²) in [6.07, 6.45) is -2.08. The number of carbonyl (C=O) groups is 4. The monoisotopic (exact) mass is 541 g/mol.